The number of aromatic nitrogens is 1. The second kappa shape index (κ2) is 7.27. The number of nitrogens with zero attached hydrogens (tertiary/aromatic N) is 2. The van der Waals surface area contributed by atoms with E-state index in [1.807, 2.05) is 30.3 Å². The highest BCUT2D eigenvalue weighted by Gasteiger charge is 2.29. The van der Waals surface area contributed by atoms with Crippen LogP contribution in [0.3, 0.4) is 0 Å². The average molecular weight is 382 g/mol. The van der Waals surface area contributed by atoms with Crippen LogP contribution in [-0.4, -0.2) is 21.7 Å². The minimum absolute atomic E-state index is 0.0720. The van der Waals surface area contributed by atoms with Crippen molar-refractivity contribution in [3.8, 4) is 0 Å². The van der Waals surface area contributed by atoms with Gasteiger partial charge in [0.15, 0.2) is 5.13 Å². The summed E-state index contributed by atoms with van der Waals surface area (Å²) >= 11 is 1.58. The van der Waals surface area contributed by atoms with Crippen LogP contribution in [0.5, 0.6) is 0 Å². The van der Waals surface area contributed by atoms with E-state index in [0.29, 0.717) is 11.0 Å². The van der Waals surface area contributed by atoms with E-state index in [9.17, 15) is 9.59 Å². The first-order valence-corrected chi connectivity index (χ1v) is 10.2. The number of benzene rings is 1. The van der Waals surface area contributed by atoms with Gasteiger partial charge < -0.3 is 10.2 Å². The maximum atomic E-state index is 12.7. The Hall–Kier alpha value is -2.47. The molecule has 0 spiro atoms. The second-order valence-corrected chi connectivity index (χ2v) is 8.46. The van der Waals surface area contributed by atoms with Gasteiger partial charge in [0.2, 0.25) is 11.8 Å². The number of anilines is 1. The molecule has 0 radical (unpaired) electrons. The fraction of sp³-hybridized carbons (Fsp3) is 0.381. The number of rotatable bonds is 3. The molecule has 0 saturated carbocycles. The Morgan fingerprint density at radius 2 is 2.15 bits per heavy atom. The fourth-order valence-corrected chi connectivity index (χ4v) is 5.04. The molecule has 1 aromatic heterocycles. The summed E-state index contributed by atoms with van der Waals surface area (Å²) in [6, 6.07) is 7.60. The third-order valence-electron chi connectivity index (χ3n) is 5.28. The topological polar surface area (TPSA) is 62.3 Å². The molecule has 2 atom stereocenters. The summed E-state index contributed by atoms with van der Waals surface area (Å²) < 4.78 is 0. The van der Waals surface area contributed by atoms with E-state index in [-0.39, 0.29) is 24.3 Å². The van der Waals surface area contributed by atoms with Crippen LogP contribution in [0, 0.1) is 5.92 Å². The molecule has 1 aliphatic heterocycles. The molecule has 0 bridgehead atoms. The lowest BCUT2D eigenvalue weighted by molar-refractivity contribution is -0.129. The molecule has 140 valence electrons. The molecule has 2 aromatic rings. The first kappa shape index (κ1) is 17.9. The Morgan fingerprint density at radius 1 is 1.33 bits per heavy atom. The van der Waals surface area contributed by atoms with Crippen LogP contribution < -0.4 is 5.32 Å². The van der Waals surface area contributed by atoms with Crippen molar-refractivity contribution in [1.82, 2.24) is 9.88 Å². The maximum absolute atomic E-state index is 12.7. The Labute approximate surface area is 163 Å². The van der Waals surface area contributed by atoms with Crippen molar-refractivity contribution in [2.75, 3.05) is 5.32 Å². The van der Waals surface area contributed by atoms with Crippen molar-refractivity contribution in [3.63, 3.8) is 0 Å². The third-order valence-corrected chi connectivity index (χ3v) is 6.32. The summed E-state index contributed by atoms with van der Waals surface area (Å²) in [4.78, 5) is 32.3. The zero-order valence-electron chi connectivity index (χ0n) is 15.6. The number of nitrogens with one attached hydrogen (secondary N) is 1. The zero-order chi connectivity index (χ0) is 19.0. The Morgan fingerprint density at radius 3 is 2.96 bits per heavy atom. The van der Waals surface area contributed by atoms with Crippen molar-refractivity contribution in [2.24, 2.45) is 5.92 Å². The minimum atomic E-state index is -0.293. The molecule has 2 heterocycles. The van der Waals surface area contributed by atoms with Gasteiger partial charge in [0.25, 0.3) is 0 Å². The highest BCUT2D eigenvalue weighted by molar-refractivity contribution is 7.15. The van der Waals surface area contributed by atoms with Gasteiger partial charge in [-0.3, -0.25) is 9.59 Å². The molecule has 1 N–H and O–H groups in total. The lowest BCUT2D eigenvalue weighted by Gasteiger charge is -2.32. The van der Waals surface area contributed by atoms with E-state index in [0.717, 1.165) is 36.1 Å². The van der Waals surface area contributed by atoms with Crippen LogP contribution in [0.1, 0.15) is 54.4 Å². The van der Waals surface area contributed by atoms with Gasteiger partial charge in [-0.1, -0.05) is 31.2 Å². The first-order chi connectivity index (χ1) is 13.0. The molecular formula is C21H23N3O2S. The Balaban J connectivity index is 1.51. The van der Waals surface area contributed by atoms with E-state index < -0.39 is 0 Å². The normalized spacial score (nSPS) is 20.7. The van der Waals surface area contributed by atoms with Gasteiger partial charge in [0.05, 0.1) is 18.2 Å². The van der Waals surface area contributed by atoms with Crippen LogP contribution in [0.15, 0.2) is 30.5 Å². The fourth-order valence-electron chi connectivity index (χ4n) is 3.85. The predicted octanol–water partition coefficient (Wildman–Crippen LogP) is 4.17. The SMILES string of the molecule is CC(=O)N1C=Cc2ccccc2[C@@H]1CC(=O)Nc1nc2c(s1)C[C@@H](C)CC2. The molecule has 2 amide bonds. The summed E-state index contributed by atoms with van der Waals surface area (Å²) in [5, 5.41) is 3.63. The van der Waals surface area contributed by atoms with E-state index in [2.05, 4.69) is 17.2 Å². The van der Waals surface area contributed by atoms with Gasteiger partial charge in [-0.2, -0.15) is 0 Å². The van der Waals surface area contributed by atoms with E-state index >= 15 is 0 Å². The average Bonchev–Trinajstić information content (AvgIpc) is 3.02. The van der Waals surface area contributed by atoms with E-state index in [4.69, 9.17) is 0 Å². The number of hydrogen-bond acceptors (Lipinski definition) is 4. The smallest absolute Gasteiger partial charge is 0.228 e. The summed E-state index contributed by atoms with van der Waals surface area (Å²) in [5.74, 6) is 0.490. The van der Waals surface area contributed by atoms with Crippen molar-refractivity contribution >= 4 is 34.4 Å². The standard InChI is InChI=1S/C21H23N3O2S/c1-13-7-8-17-19(11-13)27-21(22-17)23-20(26)12-18-16-6-4-3-5-15(16)9-10-24(18)14(2)25/h3-6,9-10,13,18H,7-8,11-12H2,1-2H3,(H,22,23,26)/t13-,18-/m0/s1. The van der Waals surface area contributed by atoms with Crippen LogP contribution in [0.4, 0.5) is 5.13 Å². The number of fused-ring (bicyclic) bond motifs is 2. The molecule has 4 rings (SSSR count). The molecule has 0 unspecified atom stereocenters. The summed E-state index contributed by atoms with van der Waals surface area (Å²) in [7, 11) is 0. The van der Waals surface area contributed by atoms with Gasteiger partial charge in [0, 0.05) is 18.0 Å². The van der Waals surface area contributed by atoms with Gasteiger partial charge in [0.1, 0.15) is 0 Å². The van der Waals surface area contributed by atoms with Gasteiger partial charge in [-0.25, -0.2) is 4.98 Å². The molecule has 0 saturated heterocycles. The van der Waals surface area contributed by atoms with E-state index in [1.54, 1.807) is 22.4 Å². The van der Waals surface area contributed by atoms with Crippen LogP contribution in [0.2, 0.25) is 0 Å². The number of carbonyl (C=O) groups is 2. The quantitative estimate of drug-likeness (QED) is 0.868. The molecule has 27 heavy (non-hydrogen) atoms. The molecule has 1 aromatic carbocycles. The van der Waals surface area contributed by atoms with Crippen LogP contribution in [-0.2, 0) is 22.4 Å². The summed E-state index contributed by atoms with van der Waals surface area (Å²) in [5.41, 5.74) is 3.17. The van der Waals surface area contributed by atoms with Gasteiger partial charge in [-0.05, 0) is 42.4 Å². The van der Waals surface area contributed by atoms with Crippen LogP contribution in [0.25, 0.3) is 6.08 Å². The summed E-state index contributed by atoms with van der Waals surface area (Å²) in [6.07, 6.45) is 7.08. The maximum Gasteiger partial charge on any atom is 0.228 e. The number of aryl methyl sites for hydroxylation is 1. The second-order valence-electron chi connectivity index (χ2n) is 7.38. The van der Waals surface area contributed by atoms with Gasteiger partial charge in [-0.15, -0.1) is 11.3 Å². The Kier molecular flexibility index (Phi) is 4.83. The highest BCUT2D eigenvalue weighted by atomic mass is 32.1. The number of amides is 2. The first-order valence-electron chi connectivity index (χ1n) is 9.35. The molecule has 6 heteroatoms. The highest BCUT2D eigenvalue weighted by Crippen LogP contribution is 2.35. The number of hydrogen-bond donors (Lipinski definition) is 1. The zero-order valence-corrected chi connectivity index (χ0v) is 16.4. The number of thiazole rings is 1. The summed E-state index contributed by atoms with van der Waals surface area (Å²) in [6.45, 7) is 3.78. The lowest BCUT2D eigenvalue weighted by atomic mass is 9.93. The predicted molar refractivity (Wildman–Crippen MR) is 107 cm³/mol. The third kappa shape index (κ3) is 3.67. The minimum Gasteiger partial charge on any atom is -0.311 e. The molecule has 5 nitrogen and oxygen atoms in total. The molecule has 2 aliphatic rings. The van der Waals surface area contributed by atoms with E-state index in [1.165, 1.54) is 11.8 Å². The monoisotopic (exact) mass is 381 g/mol. The Bertz CT molecular complexity index is 918. The van der Waals surface area contributed by atoms with Crippen molar-refractivity contribution in [2.45, 2.75) is 45.6 Å². The largest absolute Gasteiger partial charge is 0.311 e. The van der Waals surface area contributed by atoms with Gasteiger partial charge >= 0.3 is 0 Å². The number of carbonyl (C=O) groups excluding carboxylic acids is 2. The molecular weight excluding hydrogens is 358 g/mol. The van der Waals surface area contributed by atoms with Crippen molar-refractivity contribution in [3.05, 3.63) is 52.2 Å². The van der Waals surface area contributed by atoms with Crippen molar-refractivity contribution in [1.29, 1.82) is 0 Å². The lowest BCUT2D eigenvalue weighted by Crippen LogP contribution is -2.33. The molecule has 1 aliphatic carbocycles. The van der Waals surface area contributed by atoms with Crippen molar-refractivity contribution < 1.29 is 9.59 Å². The van der Waals surface area contributed by atoms with Crippen LogP contribution >= 0.6 is 11.3 Å². The molecule has 0 fully saturated rings.